The first-order chi connectivity index (χ1) is 12.5. The molecule has 1 aliphatic heterocycles. The van der Waals surface area contributed by atoms with Gasteiger partial charge in [0.25, 0.3) is 0 Å². The summed E-state index contributed by atoms with van der Waals surface area (Å²) in [4.78, 5) is 2.68. The molecule has 0 aliphatic carbocycles. The molecular weight excluding hydrogens is 463 g/mol. The van der Waals surface area contributed by atoms with E-state index in [1.54, 1.807) is 12.1 Å². The summed E-state index contributed by atoms with van der Waals surface area (Å²) in [6, 6.07) is 16.8. The van der Waals surface area contributed by atoms with Crippen molar-refractivity contribution in [3.05, 3.63) is 58.2 Å². The third kappa shape index (κ3) is 5.42. The molecule has 1 saturated heterocycles. The molecule has 0 aromatic heterocycles. The summed E-state index contributed by atoms with van der Waals surface area (Å²) in [5.74, 6) is 0.882. The molecule has 1 heterocycles. The Kier molecular flexibility index (Phi) is 6.91. The maximum absolute atomic E-state index is 12.6. The van der Waals surface area contributed by atoms with Gasteiger partial charge in [0, 0.05) is 16.2 Å². The molecule has 3 rings (SSSR count). The molecule has 26 heavy (non-hydrogen) atoms. The van der Waals surface area contributed by atoms with Gasteiger partial charge in [0.05, 0.1) is 4.90 Å². The fraction of sp³-hybridized carbons (Fsp3) is 0.368. The van der Waals surface area contributed by atoms with E-state index in [4.69, 9.17) is 4.74 Å². The van der Waals surface area contributed by atoms with Crippen LogP contribution in [0.3, 0.4) is 0 Å². The van der Waals surface area contributed by atoms with Crippen LogP contribution < -0.4 is 9.46 Å². The van der Waals surface area contributed by atoms with E-state index in [0.717, 1.165) is 41.8 Å². The lowest BCUT2D eigenvalue weighted by molar-refractivity contribution is 0.170. The van der Waals surface area contributed by atoms with Crippen LogP contribution in [0, 0.1) is 3.57 Å². The highest BCUT2D eigenvalue weighted by molar-refractivity contribution is 14.1. The molecule has 5 nitrogen and oxygen atoms in total. The Morgan fingerprint density at radius 1 is 1.04 bits per heavy atom. The molecule has 7 heteroatoms. The maximum atomic E-state index is 12.6. The average molecular weight is 486 g/mol. The molecule has 1 fully saturated rings. The number of nitrogens with zero attached hydrogens (tertiary/aromatic N) is 1. The highest BCUT2D eigenvalue weighted by atomic mass is 127. The second-order valence-electron chi connectivity index (χ2n) is 6.33. The van der Waals surface area contributed by atoms with E-state index in [2.05, 4.69) is 32.2 Å². The van der Waals surface area contributed by atoms with Gasteiger partial charge in [-0.1, -0.05) is 30.3 Å². The number of sulfonamides is 1. The number of halogens is 1. The third-order valence-corrected chi connectivity index (χ3v) is 7.34. The Labute approximate surface area is 168 Å². The van der Waals surface area contributed by atoms with Crippen molar-refractivity contribution >= 4 is 32.6 Å². The van der Waals surface area contributed by atoms with Gasteiger partial charge >= 0.3 is 0 Å². The minimum absolute atomic E-state index is 0.0118. The van der Waals surface area contributed by atoms with Gasteiger partial charge in [-0.2, -0.15) is 0 Å². The van der Waals surface area contributed by atoms with Gasteiger partial charge in [-0.05, 0) is 72.8 Å². The van der Waals surface area contributed by atoms with Crippen LogP contribution in [-0.4, -0.2) is 45.6 Å². The van der Waals surface area contributed by atoms with E-state index >= 15 is 0 Å². The summed E-state index contributed by atoms with van der Waals surface area (Å²) in [6.07, 6.45) is 1.63. The van der Waals surface area contributed by atoms with Crippen LogP contribution in [-0.2, 0) is 10.0 Å². The third-order valence-electron chi connectivity index (χ3n) is 4.46. The van der Waals surface area contributed by atoms with E-state index < -0.39 is 10.0 Å². The van der Waals surface area contributed by atoms with Crippen molar-refractivity contribution in [1.82, 2.24) is 9.62 Å². The first-order valence-electron chi connectivity index (χ1n) is 8.72. The molecule has 0 radical (unpaired) electrons. The van der Waals surface area contributed by atoms with Crippen molar-refractivity contribution in [1.29, 1.82) is 0 Å². The van der Waals surface area contributed by atoms with E-state index in [1.165, 1.54) is 0 Å². The summed E-state index contributed by atoms with van der Waals surface area (Å²) >= 11 is 2.06. The minimum atomic E-state index is -3.46. The molecule has 0 atom stereocenters. The van der Waals surface area contributed by atoms with Gasteiger partial charge in [0.1, 0.15) is 12.4 Å². The molecule has 0 unspecified atom stereocenters. The lowest BCUT2D eigenvalue weighted by atomic mass is 10.1. The van der Waals surface area contributed by atoms with E-state index in [9.17, 15) is 8.42 Å². The van der Waals surface area contributed by atoms with Gasteiger partial charge in [0.2, 0.25) is 10.0 Å². The Morgan fingerprint density at radius 2 is 1.69 bits per heavy atom. The Balaban J connectivity index is 1.44. The summed E-state index contributed by atoms with van der Waals surface area (Å²) in [5, 5.41) is 0. The number of likely N-dealkylation sites (tertiary alicyclic amines) is 1. The first kappa shape index (κ1) is 19.6. The van der Waals surface area contributed by atoms with E-state index in [-0.39, 0.29) is 6.04 Å². The van der Waals surface area contributed by atoms with Gasteiger partial charge in [-0.25, -0.2) is 13.1 Å². The SMILES string of the molecule is O=S(=O)(NC1CCN(CCOc2ccccc2)CC1)c1ccccc1I. The molecule has 2 aromatic rings. The van der Waals surface area contributed by atoms with Gasteiger partial charge in [-0.3, -0.25) is 4.90 Å². The summed E-state index contributed by atoms with van der Waals surface area (Å²) in [5.41, 5.74) is 0. The highest BCUT2D eigenvalue weighted by Gasteiger charge is 2.25. The maximum Gasteiger partial charge on any atom is 0.241 e. The van der Waals surface area contributed by atoms with Crippen LogP contribution in [0.15, 0.2) is 59.5 Å². The van der Waals surface area contributed by atoms with Crippen LogP contribution in [0.4, 0.5) is 0 Å². The minimum Gasteiger partial charge on any atom is -0.492 e. The molecule has 0 saturated carbocycles. The van der Waals surface area contributed by atoms with Crippen LogP contribution in [0.2, 0.25) is 0 Å². The number of piperidine rings is 1. The second-order valence-corrected chi connectivity index (χ2v) is 9.17. The highest BCUT2D eigenvalue weighted by Crippen LogP contribution is 2.19. The first-order valence-corrected chi connectivity index (χ1v) is 11.3. The Hall–Kier alpha value is -1.16. The van der Waals surface area contributed by atoms with Crippen LogP contribution in [0.5, 0.6) is 5.75 Å². The van der Waals surface area contributed by atoms with Gasteiger partial charge < -0.3 is 4.74 Å². The molecule has 140 valence electrons. The average Bonchev–Trinajstić information content (AvgIpc) is 2.64. The van der Waals surface area contributed by atoms with E-state index in [1.807, 2.05) is 42.5 Å². The number of nitrogens with one attached hydrogen (secondary N) is 1. The fourth-order valence-electron chi connectivity index (χ4n) is 3.03. The van der Waals surface area contributed by atoms with Crippen molar-refractivity contribution in [2.24, 2.45) is 0 Å². The Morgan fingerprint density at radius 3 is 2.38 bits per heavy atom. The molecular formula is C19H23IN2O3S. The summed E-state index contributed by atoms with van der Waals surface area (Å²) in [6.45, 7) is 3.24. The molecule has 0 spiro atoms. The van der Waals surface area contributed by atoms with Gasteiger partial charge in [0.15, 0.2) is 0 Å². The quantitative estimate of drug-likeness (QED) is 0.612. The lowest BCUT2D eigenvalue weighted by Crippen LogP contribution is -2.45. The van der Waals surface area contributed by atoms with Crippen LogP contribution in [0.25, 0.3) is 0 Å². The number of ether oxygens (including phenoxy) is 1. The number of hydrogen-bond donors (Lipinski definition) is 1. The monoisotopic (exact) mass is 486 g/mol. The standard InChI is InChI=1S/C19H23IN2O3S/c20-18-8-4-5-9-19(18)26(23,24)21-16-10-12-22(13-11-16)14-15-25-17-6-2-1-3-7-17/h1-9,16,21H,10-15H2. The van der Waals surface area contributed by atoms with Crippen molar-refractivity contribution in [2.45, 2.75) is 23.8 Å². The summed E-state index contributed by atoms with van der Waals surface area (Å²) < 4.78 is 34.5. The molecule has 0 bridgehead atoms. The number of benzene rings is 2. The van der Waals surface area contributed by atoms with Crippen molar-refractivity contribution < 1.29 is 13.2 Å². The zero-order chi connectivity index (χ0) is 18.4. The van der Waals surface area contributed by atoms with Crippen molar-refractivity contribution in [3.8, 4) is 5.75 Å². The summed E-state index contributed by atoms with van der Waals surface area (Å²) in [7, 11) is -3.46. The topological polar surface area (TPSA) is 58.6 Å². The normalized spacial score (nSPS) is 16.5. The zero-order valence-electron chi connectivity index (χ0n) is 14.5. The largest absolute Gasteiger partial charge is 0.492 e. The number of para-hydroxylation sites is 1. The molecule has 1 aliphatic rings. The molecule has 1 N–H and O–H groups in total. The number of rotatable bonds is 7. The lowest BCUT2D eigenvalue weighted by Gasteiger charge is -2.32. The molecule has 0 amide bonds. The zero-order valence-corrected chi connectivity index (χ0v) is 17.4. The van der Waals surface area contributed by atoms with Crippen molar-refractivity contribution in [3.63, 3.8) is 0 Å². The van der Waals surface area contributed by atoms with Gasteiger partial charge in [-0.15, -0.1) is 0 Å². The van der Waals surface area contributed by atoms with E-state index in [0.29, 0.717) is 11.5 Å². The Bertz CT molecular complexity index is 807. The smallest absolute Gasteiger partial charge is 0.241 e. The number of hydrogen-bond acceptors (Lipinski definition) is 4. The predicted octanol–water partition coefficient (Wildman–Crippen LogP) is 3.11. The molecule has 2 aromatic carbocycles. The van der Waals surface area contributed by atoms with Crippen molar-refractivity contribution in [2.75, 3.05) is 26.2 Å². The van der Waals surface area contributed by atoms with Crippen LogP contribution in [0.1, 0.15) is 12.8 Å². The predicted molar refractivity (Wildman–Crippen MR) is 111 cm³/mol. The fourth-order valence-corrected chi connectivity index (χ4v) is 5.67. The second kappa shape index (κ2) is 9.16. The van der Waals surface area contributed by atoms with Crippen LogP contribution >= 0.6 is 22.6 Å².